The normalized spacial score (nSPS) is 13.9. The van der Waals surface area contributed by atoms with E-state index in [1.54, 1.807) is 6.20 Å². The van der Waals surface area contributed by atoms with E-state index in [0.29, 0.717) is 5.02 Å². The van der Waals surface area contributed by atoms with Gasteiger partial charge in [0, 0.05) is 12.1 Å². The van der Waals surface area contributed by atoms with Crippen LogP contribution in [0.3, 0.4) is 0 Å². The Balaban J connectivity index is 2.03. The standard InChI is InChI=1S/C13H13ClN3/c1-10-4-5-16-6-7-17(13(16)8-10)12-3-2-11(14)9-15-12/h2-5,8-9H,6-7H2,1H3/q+1. The average Bonchev–Trinajstić information content (AvgIpc) is 2.73. The van der Waals surface area contributed by atoms with Gasteiger partial charge in [-0.05, 0) is 24.6 Å². The Bertz CT molecular complexity index is 551. The van der Waals surface area contributed by atoms with Gasteiger partial charge in [0.15, 0.2) is 0 Å². The Hall–Kier alpha value is -1.61. The monoisotopic (exact) mass is 246 g/mol. The fourth-order valence-corrected chi connectivity index (χ4v) is 2.23. The molecular weight excluding hydrogens is 234 g/mol. The quantitative estimate of drug-likeness (QED) is 0.721. The number of hydrogen-bond acceptors (Lipinski definition) is 2. The largest absolute Gasteiger partial charge is 0.283 e. The third kappa shape index (κ3) is 1.87. The maximum Gasteiger partial charge on any atom is 0.283 e. The number of anilines is 2. The second-order valence-electron chi connectivity index (χ2n) is 4.24. The van der Waals surface area contributed by atoms with Gasteiger partial charge in [0.05, 0.1) is 17.4 Å². The molecule has 0 saturated carbocycles. The lowest BCUT2D eigenvalue weighted by molar-refractivity contribution is -0.670. The Morgan fingerprint density at radius 2 is 2.24 bits per heavy atom. The highest BCUT2D eigenvalue weighted by molar-refractivity contribution is 6.30. The van der Waals surface area contributed by atoms with Crippen molar-refractivity contribution in [1.82, 2.24) is 4.98 Å². The molecule has 1 aliphatic rings. The molecule has 4 heteroatoms. The minimum atomic E-state index is 0.671. The molecule has 0 bridgehead atoms. The van der Waals surface area contributed by atoms with E-state index in [4.69, 9.17) is 11.6 Å². The molecule has 0 N–H and O–H groups in total. The summed E-state index contributed by atoms with van der Waals surface area (Å²) in [6, 6.07) is 8.15. The van der Waals surface area contributed by atoms with Crippen molar-refractivity contribution >= 4 is 23.2 Å². The van der Waals surface area contributed by atoms with Gasteiger partial charge in [-0.25, -0.2) is 14.5 Å². The molecule has 2 aromatic heterocycles. The van der Waals surface area contributed by atoms with Gasteiger partial charge in [0.1, 0.15) is 13.1 Å². The molecule has 0 saturated heterocycles. The molecule has 0 amide bonds. The smallest absolute Gasteiger partial charge is 0.230 e. The van der Waals surface area contributed by atoms with Crippen molar-refractivity contribution in [3.8, 4) is 0 Å². The van der Waals surface area contributed by atoms with Gasteiger partial charge in [-0.15, -0.1) is 0 Å². The number of rotatable bonds is 1. The number of aryl methyl sites for hydroxylation is 1. The molecule has 0 unspecified atom stereocenters. The summed E-state index contributed by atoms with van der Waals surface area (Å²) in [7, 11) is 0. The molecule has 0 atom stereocenters. The Morgan fingerprint density at radius 3 is 3.00 bits per heavy atom. The van der Waals surface area contributed by atoms with Gasteiger partial charge in [0.25, 0.3) is 5.82 Å². The lowest BCUT2D eigenvalue weighted by atomic mass is 10.3. The molecule has 2 aromatic rings. The average molecular weight is 247 g/mol. The zero-order valence-corrected chi connectivity index (χ0v) is 10.4. The fraction of sp³-hybridized carbons (Fsp3) is 0.231. The number of fused-ring (bicyclic) bond motifs is 1. The molecule has 1 aliphatic heterocycles. The van der Waals surface area contributed by atoms with E-state index in [0.717, 1.165) is 18.9 Å². The molecular formula is C13H13ClN3+. The summed E-state index contributed by atoms with van der Waals surface area (Å²) >= 11 is 5.86. The van der Waals surface area contributed by atoms with Crippen molar-refractivity contribution in [2.75, 3.05) is 11.4 Å². The van der Waals surface area contributed by atoms with Gasteiger partial charge < -0.3 is 0 Å². The number of nitrogens with zero attached hydrogens (tertiary/aromatic N) is 3. The number of aromatic nitrogens is 2. The van der Waals surface area contributed by atoms with Crippen LogP contribution in [0.2, 0.25) is 5.02 Å². The molecule has 0 aliphatic carbocycles. The Morgan fingerprint density at radius 1 is 1.35 bits per heavy atom. The molecule has 0 fully saturated rings. The highest BCUT2D eigenvalue weighted by Crippen LogP contribution is 2.24. The van der Waals surface area contributed by atoms with Crippen molar-refractivity contribution in [3.63, 3.8) is 0 Å². The van der Waals surface area contributed by atoms with E-state index in [1.807, 2.05) is 12.1 Å². The van der Waals surface area contributed by atoms with Crippen molar-refractivity contribution in [2.45, 2.75) is 13.5 Å². The van der Waals surface area contributed by atoms with Crippen LogP contribution in [-0.4, -0.2) is 11.5 Å². The molecule has 0 radical (unpaired) electrons. The zero-order chi connectivity index (χ0) is 11.8. The fourth-order valence-electron chi connectivity index (χ4n) is 2.12. The van der Waals surface area contributed by atoms with E-state index < -0.39 is 0 Å². The molecule has 17 heavy (non-hydrogen) atoms. The SMILES string of the molecule is Cc1cc[n+]2c(c1)N(c1ccc(Cl)cn1)CC2. The van der Waals surface area contributed by atoms with Crippen LogP contribution < -0.4 is 9.47 Å². The highest BCUT2D eigenvalue weighted by Gasteiger charge is 2.29. The van der Waals surface area contributed by atoms with Crippen LogP contribution in [0.25, 0.3) is 0 Å². The van der Waals surface area contributed by atoms with Crippen LogP contribution in [0.1, 0.15) is 5.56 Å². The number of halogens is 1. The van der Waals surface area contributed by atoms with Gasteiger partial charge in [-0.2, -0.15) is 0 Å². The summed E-state index contributed by atoms with van der Waals surface area (Å²) in [6.07, 6.45) is 3.82. The van der Waals surface area contributed by atoms with Crippen LogP contribution in [0, 0.1) is 6.92 Å². The first-order chi connectivity index (χ1) is 8.24. The molecule has 86 valence electrons. The second-order valence-corrected chi connectivity index (χ2v) is 4.68. The summed E-state index contributed by atoms with van der Waals surface area (Å²) in [4.78, 5) is 6.58. The lowest BCUT2D eigenvalue weighted by Crippen LogP contribution is -2.30. The minimum Gasteiger partial charge on any atom is -0.230 e. The molecule has 3 heterocycles. The van der Waals surface area contributed by atoms with E-state index in [-0.39, 0.29) is 0 Å². The minimum absolute atomic E-state index is 0.671. The predicted octanol–water partition coefficient (Wildman–Crippen LogP) is 2.48. The summed E-state index contributed by atoms with van der Waals surface area (Å²) in [5, 5.41) is 0.671. The van der Waals surface area contributed by atoms with Crippen LogP contribution >= 0.6 is 11.6 Å². The predicted molar refractivity (Wildman–Crippen MR) is 67.6 cm³/mol. The van der Waals surface area contributed by atoms with Crippen LogP contribution in [0.4, 0.5) is 11.6 Å². The van der Waals surface area contributed by atoms with Crippen molar-refractivity contribution < 1.29 is 4.57 Å². The van der Waals surface area contributed by atoms with E-state index in [1.165, 1.54) is 11.4 Å². The number of hydrogen-bond donors (Lipinski definition) is 0. The molecule has 3 rings (SSSR count). The topological polar surface area (TPSA) is 20.0 Å². The number of pyridine rings is 2. The molecule has 0 aromatic carbocycles. The van der Waals surface area contributed by atoms with Crippen LogP contribution in [0.15, 0.2) is 36.7 Å². The Labute approximate surface area is 105 Å². The third-order valence-electron chi connectivity index (χ3n) is 3.00. The highest BCUT2D eigenvalue weighted by atomic mass is 35.5. The zero-order valence-electron chi connectivity index (χ0n) is 9.60. The Kier molecular flexibility index (Phi) is 2.48. The third-order valence-corrected chi connectivity index (χ3v) is 3.22. The van der Waals surface area contributed by atoms with E-state index in [9.17, 15) is 0 Å². The van der Waals surface area contributed by atoms with Gasteiger partial charge in [0.2, 0.25) is 5.82 Å². The van der Waals surface area contributed by atoms with Crippen LogP contribution in [-0.2, 0) is 6.54 Å². The van der Waals surface area contributed by atoms with Crippen molar-refractivity contribution in [1.29, 1.82) is 0 Å². The van der Waals surface area contributed by atoms with Crippen molar-refractivity contribution in [2.24, 2.45) is 0 Å². The van der Waals surface area contributed by atoms with Gasteiger partial charge >= 0.3 is 0 Å². The first kappa shape index (κ1) is 10.5. The second kappa shape index (κ2) is 4.00. The maximum atomic E-state index is 5.86. The summed E-state index contributed by atoms with van der Waals surface area (Å²) in [5.74, 6) is 2.14. The van der Waals surface area contributed by atoms with Crippen LogP contribution in [0.5, 0.6) is 0 Å². The molecule has 0 spiro atoms. The van der Waals surface area contributed by atoms with Gasteiger partial charge in [-0.3, -0.25) is 0 Å². The van der Waals surface area contributed by atoms with Gasteiger partial charge in [-0.1, -0.05) is 11.6 Å². The summed E-state index contributed by atoms with van der Waals surface area (Å²) in [5.41, 5.74) is 1.26. The first-order valence-corrected chi connectivity index (χ1v) is 6.01. The summed E-state index contributed by atoms with van der Waals surface area (Å²) in [6.45, 7) is 4.06. The lowest BCUT2D eigenvalue weighted by Gasteiger charge is -2.08. The first-order valence-electron chi connectivity index (χ1n) is 5.63. The van der Waals surface area contributed by atoms with Crippen molar-refractivity contribution in [3.05, 3.63) is 47.2 Å². The van der Waals surface area contributed by atoms with E-state index in [2.05, 4.69) is 39.7 Å². The maximum absolute atomic E-state index is 5.86. The summed E-state index contributed by atoms with van der Waals surface area (Å²) < 4.78 is 2.24. The van der Waals surface area contributed by atoms with E-state index >= 15 is 0 Å². The molecule has 3 nitrogen and oxygen atoms in total.